The van der Waals surface area contributed by atoms with Crippen LogP contribution in [0.3, 0.4) is 0 Å². The number of phenols is 1. The number of hydrogen-bond acceptors (Lipinski definition) is 9. The Labute approximate surface area is 271 Å². The fourth-order valence-corrected chi connectivity index (χ4v) is 3.46. The van der Waals surface area contributed by atoms with Gasteiger partial charge < -0.3 is 29.6 Å². The summed E-state index contributed by atoms with van der Waals surface area (Å²) in [5.41, 5.74) is 1.01. The van der Waals surface area contributed by atoms with Gasteiger partial charge in [0.2, 0.25) is 11.6 Å². The largest absolute Gasteiger partial charge is 0.507 e. The maximum atomic E-state index is 14.1. The lowest BCUT2D eigenvalue weighted by Gasteiger charge is -2.20. The van der Waals surface area contributed by atoms with Crippen LogP contribution >= 0.6 is 0 Å². The molecule has 0 aliphatic carbocycles. The molecule has 11 heteroatoms. The van der Waals surface area contributed by atoms with Crippen molar-refractivity contribution in [1.82, 2.24) is 0 Å². The Morgan fingerprint density at radius 1 is 1.04 bits per heavy atom. The lowest BCUT2D eigenvalue weighted by molar-refractivity contribution is -0.137. The summed E-state index contributed by atoms with van der Waals surface area (Å²) in [6.07, 6.45) is 1.71. The molecule has 0 radical (unpaired) electrons. The highest BCUT2D eigenvalue weighted by molar-refractivity contribution is 5.98. The van der Waals surface area contributed by atoms with Gasteiger partial charge in [0.05, 0.1) is 13.2 Å². The molecule has 0 bridgehead atoms. The normalized spacial score (nSPS) is 23.9. The van der Waals surface area contributed by atoms with Gasteiger partial charge in [-0.1, -0.05) is 66.7 Å². The van der Waals surface area contributed by atoms with Gasteiger partial charge in [0, 0.05) is 11.8 Å². The number of rotatable bonds is 5. The lowest BCUT2D eigenvalue weighted by atomic mass is 9.97. The number of phenolic OH excluding ortho intramolecular Hbond substituents is 1. The predicted octanol–water partition coefficient (Wildman–Crippen LogP) is 6.23. The topological polar surface area (TPSA) is 147 Å². The first kappa shape index (κ1) is 42.3. The highest BCUT2D eigenvalue weighted by atomic mass is 19.1. The second-order valence-electron chi connectivity index (χ2n) is 12.1. The minimum Gasteiger partial charge on any atom is -0.507 e. The first-order valence-electron chi connectivity index (χ1n) is 15.2. The van der Waals surface area contributed by atoms with Gasteiger partial charge in [0.25, 0.3) is 0 Å². The number of carbonyl (C=O) groups is 4. The lowest BCUT2D eigenvalue weighted by Crippen LogP contribution is -2.34. The quantitative estimate of drug-likeness (QED) is 0.191. The Morgan fingerprint density at radius 2 is 1.61 bits per heavy atom. The van der Waals surface area contributed by atoms with Crippen molar-refractivity contribution in [1.29, 1.82) is 0 Å². The molecule has 0 fully saturated rings. The monoisotopic (exact) mass is 652 g/mol. The number of fused-ring (bicyclic) bond motifs is 1. The standard InChI is InChI=1S/C20H23FO6.C9H15FO2.C6H12O/c1-10-7-13-5-4-6-15(22)19(25)18(24)14(21)9-11(2)12(3)27-20(26)17(13)16(23)8-10;1-6(2)7(3)5-8(10)9(11)12-4;1-5(2)6(3)4-7/h4-5,7-9,11-12,15,19,22-23,25H,6H2,1-3H3;5-7H,1-4H3;4-6H,1-3H3/b5-4+,14-9+;8-5+;/t11-,12+,15+,19+;7-;6-/m111/s1. The molecular weight excluding hydrogens is 602 g/mol. The summed E-state index contributed by atoms with van der Waals surface area (Å²) in [7, 11) is 1.16. The first-order valence-corrected chi connectivity index (χ1v) is 15.2. The number of aliphatic hydroxyl groups excluding tert-OH is 2. The van der Waals surface area contributed by atoms with Gasteiger partial charge >= 0.3 is 11.9 Å². The second kappa shape index (κ2) is 20.4. The Hall–Kier alpha value is -3.70. The highest BCUT2D eigenvalue weighted by Gasteiger charge is 2.29. The number of allylic oxidation sites excluding steroid dienone is 1. The van der Waals surface area contributed by atoms with Crippen molar-refractivity contribution >= 4 is 30.1 Å². The van der Waals surface area contributed by atoms with E-state index in [9.17, 15) is 43.3 Å². The minimum absolute atomic E-state index is 0.0455. The smallest absolute Gasteiger partial charge is 0.366 e. The number of aldehydes is 1. The molecule has 0 spiro atoms. The van der Waals surface area contributed by atoms with E-state index in [1.54, 1.807) is 13.0 Å². The van der Waals surface area contributed by atoms with E-state index in [2.05, 4.69) is 4.74 Å². The summed E-state index contributed by atoms with van der Waals surface area (Å²) in [5.74, 6) is -4.79. The third kappa shape index (κ3) is 14.2. The van der Waals surface area contributed by atoms with Crippen LogP contribution in [0, 0.1) is 36.5 Å². The van der Waals surface area contributed by atoms with Crippen LogP contribution in [0.2, 0.25) is 0 Å². The van der Waals surface area contributed by atoms with Crippen LogP contribution in [0.15, 0.2) is 42.0 Å². The van der Waals surface area contributed by atoms with Crippen molar-refractivity contribution in [3.05, 3.63) is 58.7 Å². The summed E-state index contributed by atoms with van der Waals surface area (Å²) < 4.78 is 36.4. The molecule has 1 aliphatic rings. The molecule has 258 valence electrons. The Balaban J connectivity index is 0.000000878. The number of aromatic hydroxyl groups is 1. The van der Waals surface area contributed by atoms with E-state index >= 15 is 0 Å². The molecule has 3 N–H and O–H groups in total. The van der Waals surface area contributed by atoms with E-state index in [0.29, 0.717) is 23.0 Å². The maximum Gasteiger partial charge on any atom is 0.366 e. The van der Waals surface area contributed by atoms with E-state index in [0.717, 1.165) is 19.5 Å². The number of halogens is 2. The number of esters is 2. The molecule has 6 atom stereocenters. The number of hydrogen-bond donors (Lipinski definition) is 3. The van der Waals surface area contributed by atoms with Gasteiger partial charge in [-0.15, -0.1) is 0 Å². The molecule has 1 aromatic carbocycles. The molecule has 46 heavy (non-hydrogen) atoms. The SMILES string of the molecule is CC(C)[C@H](C)C=O.COC(=O)/C(F)=C\[C@@H](C)C(C)C.Cc1cc(O)c2c(c1)/C=C/C[C@H](O)[C@H](O)C(=O)/C(F)=C\[C@@H](C)[C@H](C)OC2=O. The van der Waals surface area contributed by atoms with Crippen molar-refractivity contribution in [3.63, 3.8) is 0 Å². The Kier molecular flexibility index (Phi) is 18.8. The molecule has 2 rings (SSSR count). The van der Waals surface area contributed by atoms with Crippen LogP contribution in [0.25, 0.3) is 6.08 Å². The molecular formula is C35H50F2O9. The minimum atomic E-state index is -1.91. The number of aryl methyl sites for hydroxylation is 1. The van der Waals surface area contributed by atoms with Crippen LogP contribution in [-0.2, 0) is 23.9 Å². The van der Waals surface area contributed by atoms with Gasteiger partial charge in [0.1, 0.15) is 29.8 Å². The van der Waals surface area contributed by atoms with E-state index in [4.69, 9.17) is 4.74 Å². The number of methoxy groups -OCH3 is 1. The van der Waals surface area contributed by atoms with Crippen LogP contribution in [-0.4, -0.2) is 64.7 Å². The molecule has 0 unspecified atom stereocenters. The van der Waals surface area contributed by atoms with Crippen molar-refractivity contribution in [2.24, 2.45) is 29.6 Å². The summed E-state index contributed by atoms with van der Waals surface area (Å²) in [6, 6.07) is 3.07. The Morgan fingerprint density at radius 3 is 2.09 bits per heavy atom. The number of Topliss-reactive ketones (excluding diaryl/α,β-unsaturated/α-hetero) is 1. The number of cyclic esters (lactones) is 1. The Bertz CT molecular complexity index is 1270. The van der Waals surface area contributed by atoms with Gasteiger partial charge in [-0.2, -0.15) is 4.39 Å². The van der Waals surface area contributed by atoms with Gasteiger partial charge in [0.15, 0.2) is 5.83 Å². The van der Waals surface area contributed by atoms with E-state index in [1.165, 1.54) is 38.1 Å². The number of aliphatic hydroxyl groups is 2. The summed E-state index contributed by atoms with van der Waals surface area (Å²) in [5, 5.41) is 30.0. The molecule has 1 aromatic rings. The third-order valence-electron chi connectivity index (χ3n) is 7.59. The predicted molar refractivity (Wildman–Crippen MR) is 172 cm³/mol. The van der Waals surface area contributed by atoms with Crippen molar-refractivity contribution in [3.8, 4) is 5.75 Å². The number of ketones is 1. The molecule has 0 saturated carbocycles. The van der Waals surface area contributed by atoms with Crippen LogP contribution in [0.4, 0.5) is 8.78 Å². The fraction of sp³-hybridized carbons (Fsp3) is 0.543. The second-order valence-corrected chi connectivity index (χ2v) is 12.1. The summed E-state index contributed by atoms with van der Waals surface area (Å²) in [4.78, 5) is 45.0. The van der Waals surface area contributed by atoms with Gasteiger partial charge in [-0.25, -0.2) is 14.0 Å². The maximum absolute atomic E-state index is 14.1. The third-order valence-corrected chi connectivity index (χ3v) is 7.59. The van der Waals surface area contributed by atoms with E-state index in [1.807, 2.05) is 41.5 Å². The van der Waals surface area contributed by atoms with Crippen LogP contribution < -0.4 is 0 Å². The average Bonchev–Trinajstić information content (AvgIpc) is 2.98. The fourth-order valence-electron chi connectivity index (χ4n) is 3.46. The molecule has 0 amide bonds. The number of carbonyl (C=O) groups excluding carboxylic acids is 4. The molecule has 1 heterocycles. The van der Waals surface area contributed by atoms with Crippen LogP contribution in [0.1, 0.15) is 83.3 Å². The molecule has 1 aliphatic heterocycles. The summed E-state index contributed by atoms with van der Waals surface area (Å²) in [6.45, 7) is 16.6. The van der Waals surface area contributed by atoms with Gasteiger partial charge in [-0.3, -0.25) is 4.79 Å². The van der Waals surface area contributed by atoms with E-state index < -0.39 is 53.6 Å². The number of ether oxygens (including phenoxy) is 2. The molecule has 0 saturated heterocycles. The van der Waals surface area contributed by atoms with Gasteiger partial charge in [-0.05, 0) is 67.4 Å². The van der Waals surface area contributed by atoms with Crippen molar-refractivity contribution < 1.29 is 52.8 Å². The average molecular weight is 653 g/mol. The van der Waals surface area contributed by atoms with Crippen LogP contribution in [0.5, 0.6) is 5.75 Å². The van der Waals surface area contributed by atoms with Crippen molar-refractivity contribution in [2.75, 3.05) is 7.11 Å². The van der Waals surface area contributed by atoms with Crippen molar-refractivity contribution in [2.45, 2.75) is 87.0 Å². The zero-order valence-corrected chi connectivity index (χ0v) is 28.4. The zero-order chi connectivity index (χ0) is 35.9. The molecule has 9 nitrogen and oxygen atoms in total. The molecule has 0 aromatic heterocycles. The first-order chi connectivity index (χ1) is 21.3. The number of benzene rings is 1. The zero-order valence-electron chi connectivity index (χ0n) is 28.4. The van der Waals surface area contributed by atoms with E-state index in [-0.39, 0.29) is 29.6 Å². The summed E-state index contributed by atoms with van der Waals surface area (Å²) >= 11 is 0. The highest BCUT2D eigenvalue weighted by Crippen LogP contribution is 2.28.